The number of anilines is 4. The predicted molar refractivity (Wildman–Crippen MR) is 190 cm³/mol. The molecule has 0 aliphatic heterocycles. The van der Waals surface area contributed by atoms with E-state index in [-0.39, 0.29) is 23.5 Å². The maximum atomic E-state index is 13.9. The first-order valence-corrected chi connectivity index (χ1v) is 15.4. The zero-order valence-corrected chi connectivity index (χ0v) is 27.3. The Morgan fingerprint density at radius 3 is 1.90 bits per heavy atom. The van der Waals surface area contributed by atoms with E-state index >= 15 is 0 Å². The van der Waals surface area contributed by atoms with Crippen LogP contribution in [0.15, 0.2) is 127 Å². The Labute approximate surface area is 280 Å². The standard InChI is InChI=1S/C38H38N6O4/c1-43(29-15-19-31(47-3)20-16-29)36(45)33(25-27-11-7-5-8-12-27)40-35-23-24-39-38(42-35)41-34(26-28-13-9-6-10-14-28)37(46)44(2)30-17-21-32(48-4)22-18-30/h5-24,26,33H,25H2,1-4H3,(H2,39,40,41,42)/b34-26-/t33-/m0/s1. The second-order valence-electron chi connectivity index (χ2n) is 10.9. The zero-order valence-electron chi connectivity index (χ0n) is 27.3. The summed E-state index contributed by atoms with van der Waals surface area (Å²) >= 11 is 0. The van der Waals surface area contributed by atoms with Gasteiger partial charge in [-0.3, -0.25) is 9.59 Å². The summed E-state index contributed by atoms with van der Waals surface area (Å²) in [4.78, 5) is 40.0. The largest absolute Gasteiger partial charge is 0.497 e. The van der Waals surface area contributed by atoms with E-state index in [1.54, 1.807) is 63.7 Å². The molecule has 0 saturated carbocycles. The molecule has 1 atom stereocenters. The van der Waals surface area contributed by atoms with E-state index in [0.29, 0.717) is 29.4 Å². The second-order valence-corrected chi connectivity index (χ2v) is 10.9. The normalized spacial score (nSPS) is 11.6. The quantitative estimate of drug-likeness (QED) is 0.144. The minimum atomic E-state index is -0.663. The van der Waals surface area contributed by atoms with Crippen LogP contribution in [0.25, 0.3) is 6.08 Å². The molecule has 0 spiro atoms. The fourth-order valence-electron chi connectivity index (χ4n) is 4.99. The van der Waals surface area contributed by atoms with Crippen molar-refractivity contribution >= 4 is 41.0 Å². The van der Waals surface area contributed by atoms with Crippen LogP contribution >= 0.6 is 0 Å². The summed E-state index contributed by atoms with van der Waals surface area (Å²) in [5.41, 5.74) is 3.47. The number of nitrogens with zero attached hydrogens (tertiary/aromatic N) is 4. The number of carbonyl (C=O) groups excluding carboxylic acids is 2. The molecule has 0 fully saturated rings. The van der Waals surface area contributed by atoms with Crippen LogP contribution < -0.4 is 29.9 Å². The van der Waals surface area contributed by atoms with Crippen LogP contribution in [0.3, 0.4) is 0 Å². The molecule has 0 unspecified atom stereocenters. The molecule has 0 aliphatic rings. The molecular weight excluding hydrogens is 604 g/mol. The monoisotopic (exact) mass is 642 g/mol. The summed E-state index contributed by atoms with van der Waals surface area (Å²) in [6.45, 7) is 0. The number of carbonyl (C=O) groups is 2. The molecule has 4 aromatic carbocycles. The first kappa shape index (κ1) is 33.2. The highest BCUT2D eigenvalue weighted by Gasteiger charge is 2.25. The smallest absolute Gasteiger partial charge is 0.274 e. The van der Waals surface area contributed by atoms with Gasteiger partial charge in [-0.2, -0.15) is 4.98 Å². The highest BCUT2D eigenvalue weighted by molar-refractivity contribution is 6.09. The number of ether oxygens (including phenoxy) is 2. The molecule has 10 heteroatoms. The highest BCUT2D eigenvalue weighted by atomic mass is 16.5. The van der Waals surface area contributed by atoms with E-state index in [2.05, 4.69) is 20.6 Å². The number of nitrogens with one attached hydrogen (secondary N) is 2. The van der Waals surface area contributed by atoms with Gasteiger partial charge in [0.15, 0.2) is 0 Å². The summed E-state index contributed by atoms with van der Waals surface area (Å²) in [6, 6.07) is 34.8. The van der Waals surface area contributed by atoms with Crippen LogP contribution in [-0.4, -0.2) is 56.1 Å². The first-order valence-electron chi connectivity index (χ1n) is 15.4. The molecular formula is C38H38N6O4. The first-order chi connectivity index (χ1) is 23.3. The number of rotatable bonds is 13. The number of hydrogen-bond acceptors (Lipinski definition) is 8. The Morgan fingerprint density at radius 1 is 0.750 bits per heavy atom. The van der Waals surface area contributed by atoms with E-state index in [9.17, 15) is 9.59 Å². The van der Waals surface area contributed by atoms with Crippen molar-refractivity contribution in [2.75, 3.05) is 48.7 Å². The van der Waals surface area contributed by atoms with Gasteiger partial charge in [0.2, 0.25) is 11.9 Å². The van der Waals surface area contributed by atoms with Crippen LogP contribution in [0.1, 0.15) is 11.1 Å². The molecule has 0 radical (unpaired) electrons. The Hall–Kier alpha value is -6.16. The fraction of sp³-hybridized carbons (Fsp3) is 0.158. The van der Waals surface area contributed by atoms with Gasteiger partial charge in [-0.25, -0.2) is 4.98 Å². The maximum absolute atomic E-state index is 13.9. The summed E-state index contributed by atoms with van der Waals surface area (Å²) in [7, 11) is 6.63. The van der Waals surface area contributed by atoms with Gasteiger partial charge in [0.1, 0.15) is 29.1 Å². The van der Waals surface area contributed by atoms with Crippen LogP contribution in [0, 0.1) is 0 Å². The van der Waals surface area contributed by atoms with Gasteiger partial charge in [-0.1, -0.05) is 60.7 Å². The van der Waals surface area contributed by atoms with Crippen LogP contribution in [-0.2, 0) is 16.0 Å². The fourth-order valence-corrected chi connectivity index (χ4v) is 4.99. The average molecular weight is 643 g/mol. The van der Waals surface area contributed by atoms with Gasteiger partial charge in [-0.05, 0) is 71.8 Å². The van der Waals surface area contributed by atoms with Crippen molar-refractivity contribution in [3.05, 3.63) is 138 Å². The van der Waals surface area contributed by atoms with E-state index in [1.165, 1.54) is 4.90 Å². The number of hydrogen-bond donors (Lipinski definition) is 2. The Kier molecular flexibility index (Phi) is 11.0. The van der Waals surface area contributed by atoms with Gasteiger partial charge in [0.05, 0.1) is 14.2 Å². The van der Waals surface area contributed by atoms with Gasteiger partial charge in [-0.15, -0.1) is 0 Å². The molecule has 0 saturated heterocycles. The summed E-state index contributed by atoms with van der Waals surface area (Å²) in [6.07, 6.45) is 3.74. The summed E-state index contributed by atoms with van der Waals surface area (Å²) in [5.74, 6) is 1.54. The number of benzene rings is 4. The predicted octanol–water partition coefficient (Wildman–Crippen LogP) is 6.30. The van der Waals surface area contributed by atoms with Gasteiger partial charge >= 0.3 is 0 Å². The molecule has 5 rings (SSSR count). The van der Waals surface area contributed by atoms with Crippen molar-refractivity contribution in [3.8, 4) is 11.5 Å². The molecule has 1 aromatic heterocycles. The Morgan fingerprint density at radius 2 is 1.31 bits per heavy atom. The molecule has 5 aromatic rings. The van der Waals surface area contributed by atoms with Crippen LogP contribution in [0.2, 0.25) is 0 Å². The van der Waals surface area contributed by atoms with Gasteiger partial charge < -0.3 is 29.9 Å². The van der Waals surface area contributed by atoms with E-state index in [4.69, 9.17) is 9.47 Å². The summed E-state index contributed by atoms with van der Waals surface area (Å²) in [5, 5.41) is 6.45. The Balaban J connectivity index is 1.41. The second kappa shape index (κ2) is 15.9. The molecule has 2 N–H and O–H groups in total. The lowest BCUT2D eigenvalue weighted by atomic mass is 10.0. The molecule has 1 heterocycles. The van der Waals surface area contributed by atoms with E-state index in [1.807, 2.05) is 97.1 Å². The van der Waals surface area contributed by atoms with Crippen molar-refractivity contribution in [1.82, 2.24) is 9.97 Å². The Bertz CT molecular complexity index is 1830. The lowest BCUT2D eigenvalue weighted by Crippen LogP contribution is -2.42. The zero-order chi connectivity index (χ0) is 33.9. The summed E-state index contributed by atoms with van der Waals surface area (Å²) < 4.78 is 10.5. The lowest BCUT2D eigenvalue weighted by molar-refractivity contribution is -0.119. The van der Waals surface area contributed by atoms with E-state index < -0.39 is 6.04 Å². The number of likely N-dealkylation sites (N-methyl/N-ethyl adjacent to an activating group) is 2. The lowest BCUT2D eigenvalue weighted by Gasteiger charge is -2.25. The van der Waals surface area contributed by atoms with Crippen LogP contribution in [0.5, 0.6) is 11.5 Å². The molecule has 48 heavy (non-hydrogen) atoms. The molecule has 0 bridgehead atoms. The van der Waals surface area contributed by atoms with Crippen molar-refractivity contribution in [2.45, 2.75) is 12.5 Å². The van der Waals surface area contributed by atoms with Crippen molar-refractivity contribution < 1.29 is 19.1 Å². The SMILES string of the molecule is COc1ccc(N(C)C(=O)/C(=C/c2ccccc2)Nc2nccc(N[C@@H](Cc3ccccc3)C(=O)N(C)c3ccc(OC)cc3)n2)cc1. The minimum Gasteiger partial charge on any atom is -0.497 e. The van der Waals surface area contributed by atoms with Crippen molar-refractivity contribution in [1.29, 1.82) is 0 Å². The maximum Gasteiger partial charge on any atom is 0.274 e. The molecule has 244 valence electrons. The minimum absolute atomic E-state index is 0.155. The number of amides is 2. The third-order valence-electron chi connectivity index (χ3n) is 7.70. The topological polar surface area (TPSA) is 109 Å². The van der Waals surface area contributed by atoms with Gasteiger partial charge in [0, 0.05) is 38.1 Å². The van der Waals surface area contributed by atoms with Crippen molar-refractivity contribution in [3.63, 3.8) is 0 Å². The number of aromatic nitrogens is 2. The highest BCUT2D eigenvalue weighted by Crippen LogP contribution is 2.23. The molecule has 10 nitrogen and oxygen atoms in total. The third-order valence-corrected chi connectivity index (χ3v) is 7.70. The van der Waals surface area contributed by atoms with E-state index in [0.717, 1.165) is 16.8 Å². The average Bonchev–Trinajstić information content (AvgIpc) is 3.14. The third kappa shape index (κ3) is 8.55. The van der Waals surface area contributed by atoms with Crippen molar-refractivity contribution in [2.24, 2.45) is 0 Å². The van der Waals surface area contributed by atoms with Crippen LogP contribution in [0.4, 0.5) is 23.1 Å². The van der Waals surface area contributed by atoms with Gasteiger partial charge in [0.25, 0.3) is 5.91 Å². The molecule has 2 amide bonds. The number of methoxy groups -OCH3 is 2. The molecule has 0 aliphatic carbocycles.